The van der Waals surface area contributed by atoms with Gasteiger partial charge in [0, 0.05) is 5.75 Å². The Balaban J connectivity index is 1.94. The Bertz CT molecular complexity index is 336. The Labute approximate surface area is 108 Å². The fourth-order valence-electron chi connectivity index (χ4n) is 2.64. The van der Waals surface area contributed by atoms with Crippen molar-refractivity contribution in [1.29, 1.82) is 0 Å². The first kappa shape index (κ1) is 13.0. The maximum atomic E-state index is 12.1. The minimum absolute atomic E-state index is 0.0185. The van der Waals surface area contributed by atoms with E-state index in [9.17, 15) is 4.79 Å². The van der Waals surface area contributed by atoms with Crippen LogP contribution in [0.15, 0.2) is 11.6 Å². The van der Waals surface area contributed by atoms with E-state index in [0.29, 0.717) is 5.92 Å². The standard InChI is InChI=1S/C14H22O2S/c1-9(2)7-11-12(14(11,3)4)13(15)16-10-5-6-17-8-10/h7,10-12H,5-6,8H2,1-4H3/t10-,11+,12-/m0/s1. The van der Waals surface area contributed by atoms with E-state index in [1.165, 1.54) is 5.57 Å². The van der Waals surface area contributed by atoms with E-state index in [0.717, 1.165) is 17.9 Å². The summed E-state index contributed by atoms with van der Waals surface area (Å²) in [5.41, 5.74) is 1.37. The van der Waals surface area contributed by atoms with Gasteiger partial charge < -0.3 is 4.74 Å². The molecule has 0 N–H and O–H groups in total. The summed E-state index contributed by atoms with van der Waals surface area (Å²) in [5.74, 6) is 2.57. The number of ether oxygens (including phenoxy) is 1. The molecule has 0 bridgehead atoms. The first-order valence-electron chi connectivity index (χ1n) is 6.36. The van der Waals surface area contributed by atoms with Crippen LogP contribution in [-0.2, 0) is 9.53 Å². The quantitative estimate of drug-likeness (QED) is 0.571. The maximum absolute atomic E-state index is 12.1. The highest BCUT2D eigenvalue weighted by Crippen LogP contribution is 2.60. The van der Waals surface area contributed by atoms with E-state index in [2.05, 4.69) is 33.8 Å². The summed E-state index contributed by atoms with van der Waals surface area (Å²) in [6.07, 6.45) is 3.41. The SMILES string of the molecule is CC(C)=C[C@@H]1[C@@H](C(=O)O[C@H]2CCSC2)C1(C)C. The molecule has 0 amide bonds. The van der Waals surface area contributed by atoms with Crippen LogP contribution < -0.4 is 0 Å². The zero-order valence-corrected chi connectivity index (χ0v) is 12.0. The van der Waals surface area contributed by atoms with E-state index in [4.69, 9.17) is 4.74 Å². The lowest BCUT2D eigenvalue weighted by atomic mass is 10.1. The van der Waals surface area contributed by atoms with Crippen molar-refractivity contribution in [2.75, 3.05) is 11.5 Å². The number of carbonyl (C=O) groups is 1. The molecule has 17 heavy (non-hydrogen) atoms. The highest BCUT2D eigenvalue weighted by Gasteiger charge is 2.61. The van der Waals surface area contributed by atoms with Gasteiger partial charge in [-0.1, -0.05) is 25.5 Å². The van der Waals surface area contributed by atoms with Crippen LogP contribution in [0.5, 0.6) is 0 Å². The molecule has 2 nitrogen and oxygen atoms in total. The molecule has 2 rings (SSSR count). The van der Waals surface area contributed by atoms with Crippen LogP contribution >= 0.6 is 11.8 Å². The molecule has 0 aromatic carbocycles. The molecule has 1 aliphatic carbocycles. The van der Waals surface area contributed by atoms with Crippen molar-refractivity contribution in [3.8, 4) is 0 Å². The van der Waals surface area contributed by atoms with Crippen LogP contribution in [0.2, 0.25) is 0 Å². The second-order valence-corrected chi connectivity index (χ2v) is 7.14. The Hall–Kier alpha value is -0.440. The normalized spacial score (nSPS) is 34.2. The summed E-state index contributed by atoms with van der Waals surface area (Å²) in [6.45, 7) is 8.49. The second-order valence-electron chi connectivity index (χ2n) is 5.99. The predicted molar refractivity (Wildman–Crippen MR) is 72.0 cm³/mol. The minimum atomic E-state index is 0.0185. The first-order valence-corrected chi connectivity index (χ1v) is 7.51. The van der Waals surface area contributed by atoms with Crippen molar-refractivity contribution in [2.24, 2.45) is 17.3 Å². The fraction of sp³-hybridized carbons (Fsp3) is 0.786. The Kier molecular flexibility index (Phi) is 3.58. The van der Waals surface area contributed by atoms with Gasteiger partial charge in [-0.3, -0.25) is 4.79 Å². The third-order valence-electron chi connectivity index (χ3n) is 3.85. The van der Waals surface area contributed by atoms with Gasteiger partial charge in [-0.25, -0.2) is 0 Å². The molecule has 0 aromatic rings. The monoisotopic (exact) mass is 254 g/mol. The number of rotatable bonds is 3. The minimum Gasteiger partial charge on any atom is -0.461 e. The fourth-order valence-corrected chi connectivity index (χ4v) is 3.74. The first-order chi connectivity index (χ1) is 7.93. The third kappa shape index (κ3) is 2.70. The van der Waals surface area contributed by atoms with Crippen molar-refractivity contribution in [1.82, 2.24) is 0 Å². The highest BCUT2D eigenvalue weighted by molar-refractivity contribution is 7.99. The zero-order chi connectivity index (χ0) is 12.6. The number of hydrogen-bond donors (Lipinski definition) is 0. The largest absolute Gasteiger partial charge is 0.461 e. The molecular formula is C14H22O2S. The average Bonchev–Trinajstić information content (AvgIpc) is 2.64. The lowest BCUT2D eigenvalue weighted by molar-refractivity contribution is -0.150. The topological polar surface area (TPSA) is 26.3 Å². The van der Waals surface area contributed by atoms with E-state index < -0.39 is 0 Å². The summed E-state index contributed by atoms with van der Waals surface area (Å²) >= 11 is 1.88. The number of carbonyl (C=O) groups excluding carboxylic acids is 1. The van der Waals surface area contributed by atoms with E-state index in [1.807, 2.05) is 11.8 Å². The summed E-state index contributed by atoms with van der Waals surface area (Å²) < 4.78 is 5.59. The summed E-state index contributed by atoms with van der Waals surface area (Å²) in [6, 6.07) is 0. The van der Waals surface area contributed by atoms with Crippen molar-refractivity contribution in [3.05, 3.63) is 11.6 Å². The lowest BCUT2D eigenvalue weighted by Gasteiger charge is -2.11. The van der Waals surface area contributed by atoms with E-state index in [-0.39, 0.29) is 23.4 Å². The molecule has 3 heteroatoms. The van der Waals surface area contributed by atoms with Gasteiger partial charge in [0.25, 0.3) is 0 Å². The predicted octanol–water partition coefficient (Wildman–Crippen LogP) is 3.27. The van der Waals surface area contributed by atoms with Gasteiger partial charge in [-0.2, -0.15) is 11.8 Å². The molecule has 0 aromatic heterocycles. The average molecular weight is 254 g/mol. The summed E-state index contributed by atoms with van der Waals surface area (Å²) in [5, 5.41) is 0. The van der Waals surface area contributed by atoms with Gasteiger partial charge in [-0.15, -0.1) is 0 Å². The van der Waals surface area contributed by atoms with Crippen LogP contribution in [0, 0.1) is 17.3 Å². The molecule has 0 spiro atoms. The molecule has 1 saturated heterocycles. The number of hydrogen-bond acceptors (Lipinski definition) is 3. The van der Waals surface area contributed by atoms with Crippen LogP contribution in [0.4, 0.5) is 0 Å². The highest BCUT2D eigenvalue weighted by atomic mass is 32.2. The molecule has 2 aliphatic rings. The molecule has 2 fully saturated rings. The number of allylic oxidation sites excluding steroid dienone is 2. The van der Waals surface area contributed by atoms with Crippen LogP contribution in [0.3, 0.4) is 0 Å². The number of thioether (sulfide) groups is 1. The molecule has 1 aliphatic heterocycles. The molecular weight excluding hydrogens is 232 g/mol. The molecule has 96 valence electrons. The molecule has 3 atom stereocenters. The molecule has 0 radical (unpaired) electrons. The summed E-state index contributed by atoms with van der Waals surface area (Å²) in [7, 11) is 0. The van der Waals surface area contributed by atoms with Crippen LogP contribution in [-0.4, -0.2) is 23.6 Å². The lowest BCUT2D eigenvalue weighted by Crippen LogP contribution is -2.20. The molecule has 1 saturated carbocycles. The molecule has 1 heterocycles. The van der Waals surface area contributed by atoms with Crippen LogP contribution in [0.1, 0.15) is 34.1 Å². The smallest absolute Gasteiger partial charge is 0.310 e. The van der Waals surface area contributed by atoms with Gasteiger partial charge in [0.1, 0.15) is 6.10 Å². The van der Waals surface area contributed by atoms with Crippen molar-refractivity contribution in [2.45, 2.75) is 40.2 Å². The third-order valence-corrected chi connectivity index (χ3v) is 4.98. The van der Waals surface area contributed by atoms with Gasteiger partial charge in [0.2, 0.25) is 0 Å². The Morgan fingerprint density at radius 3 is 2.65 bits per heavy atom. The van der Waals surface area contributed by atoms with E-state index in [1.54, 1.807) is 0 Å². The van der Waals surface area contributed by atoms with Crippen molar-refractivity contribution < 1.29 is 9.53 Å². The number of esters is 1. The summed E-state index contributed by atoms with van der Waals surface area (Å²) in [4.78, 5) is 12.1. The van der Waals surface area contributed by atoms with Gasteiger partial charge >= 0.3 is 5.97 Å². The zero-order valence-electron chi connectivity index (χ0n) is 11.2. The van der Waals surface area contributed by atoms with Crippen molar-refractivity contribution >= 4 is 17.7 Å². The Morgan fingerprint density at radius 2 is 2.12 bits per heavy atom. The Morgan fingerprint density at radius 1 is 1.41 bits per heavy atom. The van der Waals surface area contributed by atoms with Crippen molar-refractivity contribution in [3.63, 3.8) is 0 Å². The van der Waals surface area contributed by atoms with Gasteiger partial charge in [-0.05, 0) is 37.4 Å². The van der Waals surface area contributed by atoms with E-state index >= 15 is 0 Å². The molecule has 0 unspecified atom stereocenters. The maximum Gasteiger partial charge on any atom is 0.310 e. The van der Waals surface area contributed by atoms with Gasteiger partial charge in [0.05, 0.1) is 5.92 Å². The van der Waals surface area contributed by atoms with Crippen LogP contribution in [0.25, 0.3) is 0 Å². The van der Waals surface area contributed by atoms with Gasteiger partial charge in [0.15, 0.2) is 0 Å². The second kappa shape index (κ2) is 4.68.